The molecule has 0 saturated carbocycles. The lowest BCUT2D eigenvalue weighted by molar-refractivity contribution is -0.384. The molecule has 9 heteroatoms. The maximum absolute atomic E-state index is 12.3. The van der Waals surface area contributed by atoms with Crippen LogP contribution in [0.4, 0.5) is 5.69 Å². The molecule has 136 valence electrons. The molecule has 0 aliphatic carbocycles. The fourth-order valence-electron chi connectivity index (χ4n) is 2.62. The monoisotopic (exact) mass is 378 g/mol. The van der Waals surface area contributed by atoms with Gasteiger partial charge in [-0.2, -0.15) is 0 Å². The summed E-state index contributed by atoms with van der Waals surface area (Å²) in [6, 6.07) is 3.33. The van der Waals surface area contributed by atoms with Crippen molar-refractivity contribution in [1.29, 1.82) is 0 Å². The van der Waals surface area contributed by atoms with E-state index in [1.807, 2.05) is 0 Å². The molecule has 0 radical (unpaired) electrons. The normalized spacial score (nSPS) is 10.5. The van der Waals surface area contributed by atoms with E-state index in [4.69, 9.17) is 16.3 Å². The molecule has 0 aliphatic rings. The van der Waals surface area contributed by atoms with Gasteiger partial charge in [0.05, 0.1) is 21.2 Å². The van der Waals surface area contributed by atoms with Gasteiger partial charge in [-0.15, -0.1) is 0 Å². The molecule has 1 N–H and O–H groups in total. The summed E-state index contributed by atoms with van der Waals surface area (Å²) in [5.41, 5.74) is 1.08. The van der Waals surface area contributed by atoms with Crippen LogP contribution in [-0.4, -0.2) is 34.0 Å². The molecule has 26 heavy (non-hydrogen) atoms. The van der Waals surface area contributed by atoms with Crippen molar-refractivity contribution < 1.29 is 24.0 Å². The standard InChI is InChI=1S/C17H15ClN2O6/c1-8-15(10(3)21)9(2)19-16(8)14(22)7-26-17(23)12-6-11(20(24)25)4-5-13(12)18/h4-6,19H,7H2,1-3H3. The Morgan fingerprint density at radius 2 is 1.92 bits per heavy atom. The van der Waals surface area contributed by atoms with Gasteiger partial charge >= 0.3 is 5.97 Å². The van der Waals surface area contributed by atoms with Crippen LogP contribution in [-0.2, 0) is 4.74 Å². The number of benzene rings is 1. The Morgan fingerprint density at radius 1 is 1.27 bits per heavy atom. The molecule has 0 amide bonds. The molecule has 1 aromatic heterocycles. The fourth-order valence-corrected chi connectivity index (χ4v) is 2.82. The van der Waals surface area contributed by atoms with Gasteiger partial charge in [0.2, 0.25) is 5.78 Å². The van der Waals surface area contributed by atoms with E-state index in [0.29, 0.717) is 16.8 Å². The topological polar surface area (TPSA) is 119 Å². The van der Waals surface area contributed by atoms with E-state index in [0.717, 1.165) is 12.1 Å². The van der Waals surface area contributed by atoms with Crippen LogP contribution in [0, 0.1) is 24.0 Å². The Hall–Kier alpha value is -3.00. The van der Waals surface area contributed by atoms with Gasteiger partial charge in [-0.05, 0) is 32.4 Å². The highest BCUT2D eigenvalue weighted by Gasteiger charge is 2.22. The SMILES string of the molecule is CC(=O)c1c(C)[nH]c(C(=O)COC(=O)c2cc([N+](=O)[O-])ccc2Cl)c1C. The molecule has 0 fully saturated rings. The van der Waals surface area contributed by atoms with Gasteiger partial charge in [0.25, 0.3) is 5.69 Å². The number of H-pyrrole nitrogens is 1. The second kappa shape index (κ2) is 7.49. The summed E-state index contributed by atoms with van der Waals surface area (Å²) in [5.74, 6) is -1.68. The van der Waals surface area contributed by atoms with E-state index in [1.165, 1.54) is 13.0 Å². The van der Waals surface area contributed by atoms with E-state index in [-0.39, 0.29) is 27.8 Å². The summed E-state index contributed by atoms with van der Waals surface area (Å²) >= 11 is 5.86. The number of hydrogen-bond acceptors (Lipinski definition) is 6. The molecule has 2 rings (SSSR count). The summed E-state index contributed by atoms with van der Waals surface area (Å²) in [5, 5.41) is 10.8. The Labute approximate surface area is 153 Å². The second-order valence-electron chi connectivity index (χ2n) is 5.60. The first-order chi connectivity index (χ1) is 12.1. The predicted molar refractivity (Wildman–Crippen MR) is 93.0 cm³/mol. The number of non-ortho nitro benzene ring substituents is 1. The summed E-state index contributed by atoms with van der Waals surface area (Å²) in [6.45, 7) is 4.07. The van der Waals surface area contributed by atoms with Gasteiger partial charge in [-0.3, -0.25) is 19.7 Å². The van der Waals surface area contributed by atoms with Gasteiger partial charge < -0.3 is 9.72 Å². The second-order valence-corrected chi connectivity index (χ2v) is 6.01. The van der Waals surface area contributed by atoms with E-state index in [1.54, 1.807) is 13.8 Å². The number of nitro benzene ring substituents is 1. The molecule has 0 unspecified atom stereocenters. The minimum atomic E-state index is -0.959. The number of aromatic amines is 1. The number of nitro groups is 1. The Bertz CT molecular complexity index is 932. The lowest BCUT2D eigenvalue weighted by atomic mass is 10.1. The van der Waals surface area contributed by atoms with Crippen LogP contribution in [0.2, 0.25) is 5.02 Å². The van der Waals surface area contributed by atoms with Crippen LogP contribution >= 0.6 is 11.6 Å². The Morgan fingerprint density at radius 3 is 2.46 bits per heavy atom. The molecular weight excluding hydrogens is 364 g/mol. The molecule has 0 aliphatic heterocycles. The van der Waals surface area contributed by atoms with Crippen LogP contribution in [0.15, 0.2) is 18.2 Å². The molecule has 8 nitrogen and oxygen atoms in total. The number of ether oxygens (including phenoxy) is 1. The first kappa shape index (κ1) is 19.3. The highest BCUT2D eigenvalue weighted by Crippen LogP contribution is 2.23. The van der Waals surface area contributed by atoms with Crippen molar-refractivity contribution in [3.05, 3.63) is 61.4 Å². The van der Waals surface area contributed by atoms with E-state index in [9.17, 15) is 24.5 Å². The van der Waals surface area contributed by atoms with E-state index < -0.39 is 23.3 Å². The van der Waals surface area contributed by atoms with Crippen molar-refractivity contribution >= 4 is 34.8 Å². The lowest BCUT2D eigenvalue weighted by Gasteiger charge is -2.06. The summed E-state index contributed by atoms with van der Waals surface area (Å²) in [6.07, 6.45) is 0. The molecule has 2 aromatic rings. The number of esters is 1. The van der Waals surface area contributed by atoms with Crippen molar-refractivity contribution in [2.24, 2.45) is 0 Å². The third-order valence-corrected chi connectivity index (χ3v) is 4.11. The average molecular weight is 379 g/mol. The fraction of sp³-hybridized carbons (Fsp3) is 0.235. The molecular formula is C17H15ClN2O6. The van der Waals surface area contributed by atoms with Crippen LogP contribution < -0.4 is 0 Å². The number of aryl methyl sites for hydroxylation is 1. The van der Waals surface area contributed by atoms with Crippen molar-refractivity contribution in [2.45, 2.75) is 20.8 Å². The van der Waals surface area contributed by atoms with Gasteiger partial charge in [0, 0.05) is 23.4 Å². The van der Waals surface area contributed by atoms with Crippen LogP contribution in [0.25, 0.3) is 0 Å². The first-order valence-electron chi connectivity index (χ1n) is 7.47. The van der Waals surface area contributed by atoms with Gasteiger partial charge in [0.1, 0.15) is 0 Å². The first-order valence-corrected chi connectivity index (χ1v) is 7.85. The number of aromatic nitrogens is 1. The summed E-state index contributed by atoms with van der Waals surface area (Å²) in [7, 11) is 0. The van der Waals surface area contributed by atoms with Crippen molar-refractivity contribution in [1.82, 2.24) is 4.98 Å². The van der Waals surface area contributed by atoms with E-state index in [2.05, 4.69) is 4.98 Å². The zero-order chi connectivity index (χ0) is 19.6. The third-order valence-electron chi connectivity index (χ3n) is 3.78. The Kier molecular flexibility index (Phi) is 5.56. The average Bonchev–Trinajstić information content (AvgIpc) is 2.87. The molecule has 0 spiro atoms. The van der Waals surface area contributed by atoms with Crippen LogP contribution in [0.5, 0.6) is 0 Å². The molecule has 0 saturated heterocycles. The smallest absolute Gasteiger partial charge is 0.340 e. The highest BCUT2D eigenvalue weighted by atomic mass is 35.5. The summed E-state index contributed by atoms with van der Waals surface area (Å²) in [4.78, 5) is 48.9. The molecule has 1 aromatic carbocycles. The number of nitrogens with zero attached hydrogens (tertiary/aromatic N) is 1. The number of Topliss-reactive ketones (excluding diaryl/α,β-unsaturated/α-hetero) is 2. The number of hydrogen-bond donors (Lipinski definition) is 1. The van der Waals surface area contributed by atoms with Crippen molar-refractivity contribution in [2.75, 3.05) is 6.61 Å². The maximum atomic E-state index is 12.3. The minimum absolute atomic E-state index is 0.0289. The number of ketones is 2. The number of carbonyl (C=O) groups excluding carboxylic acids is 3. The molecule has 0 atom stereocenters. The number of halogens is 1. The number of carbonyl (C=O) groups is 3. The molecule has 1 heterocycles. The largest absolute Gasteiger partial charge is 0.454 e. The third kappa shape index (κ3) is 3.80. The zero-order valence-electron chi connectivity index (χ0n) is 14.2. The lowest BCUT2D eigenvalue weighted by Crippen LogP contribution is -2.16. The predicted octanol–water partition coefficient (Wildman–Crippen LogP) is 3.44. The maximum Gasteiger partial charge on any atom is 0.340 e. The quantitative estimate of drug-likeness (QED) is 0.356. The zero-order valence-corrected chi connectivity index (χ0v) is 15.0. The summed E-state index contributed by atoms with van der Waals surface area (Å²) < 4.78 is 4.92. The van der Waals surface area contributed by atoms with Crippen molar-refractivity contribution in [3.8, 4) is 0 Å². The van der Waals surface area contributed by atoms with Crippen LogP contribution in [0.3, 0.4) is 0 Å². The minimum Gasteiger partial charge on any atom is -0.454 e. The van der Waals surface area contributed by atoms with Gasteiger partial charge in [-0.1, -0.05) is 11.6 Å². The van der Waals surface area contributed by atoms with Crippen LogP contribution in [0.1, 0.15) is 49.4 Å². The number of nitrogens with one attached hydrogen (secondary N) is 1. The van der Waals surface area contributed by atoms with Gasteiger partial charge in [-0.25, -0.2) is 4.79 Å². The Balaban J connectivity index is 2.17. The van der Waals surface area contributed by atoms with Crippen molar-refractivity contribution in [3.63, 3.8) is 0 Å². The molecule has 0 bridgehead atoms. The van der Waals surface area contributed by atoms with Gasteiger partial charge in [0.15, 0.2) is 12.4 Å². The number of rotatable bonds is 6. The highest BCUT2D eigenvalue weighted by molar-refractivity contribution is 6.33. The van der Waals surface area contributed by atoms with E-state index >= 15 is 0 Å².